The summed E-state index contributed by atoms with van der Waals surface area (Å²) in [6.45, 7) is 14.7. The number of hydrogen-bond acceptors (Lipinski definition) is 2. The predicted octanol–water partition coefficient (Wildman–Crippen LogP) is 3.87. The fraction of sp³-hybridized carbons (Fsp3) is 0.923. The van der Waals surface area contributed by atoms with E-state index in [1.807, 2.05) is 6.92 Å². The van der Waals surface area contributed by atoms with E-state index in [4.69, 9.17) is 4.43 Å². The summed E-state index contributed by atoms with van der Waals surface area (Å²) in [5.74, 6) is 0.739. The quantitative estimate of drug-likeness (QED) is 0.636. The molecule has 16 heavy (non-hydrogen) atoms. The fourth-order valence-electron chi connectivity index (χ4n) is 1.53. The molecule has 0 bridgehead atoms. The molecule has 3 atom stereocenters. The van der Waals surface area contributed by atoms with Crippen molar-refractivity contribution in [2.45, 2.75) is 66.3 Å². The molecule has 0 rings (SSSR count). The van der Waals surface area contributed by atoms with Crippen LogP contribution < -0.4 is 0 Å². The number of carbonyl (C=O) groups is 1. The van der Waals surface area contributed by atoms with Crippen molar-refractivity contribution < 1.29 is 9.22 Å². The van der Waals surface area contributed by atoms with Crippen molar-refractivity contribution in [1.82, 2.24) is 0 Å². The number of ketones is 1. The van der Waals surface area contributed by atoms with Crippen LogP contribution in [0.1, 0.15) is 40.5 Å². The first-order valence-electron chi connectivity index (χ1n) is 6.44. The minimum absolute atomic E-state index is 0.121. The largest absolute Gasteiger partial charge is 0.407 e. The van der Waals surface area contributed by atoms with E-state index in [2.05, 4.69) is 40.4 Å². The van der Waals surface area contributed by atoms with Gasteiger partial charge in [-0.2, -0.15) is 0 Å². The van der Waals surface area contributed by atoms with Crippen molar-refractivity contribution >= 4 is 14.1 Å². The minimum atomic E-state index is -1.64. The topological polar surface area (TPSA) is 26.3 Å². The van der Waals surface area contributed by atoms with Crippen LogP contribution in [0.5, 0.6) is 0 Å². The number of Topliss-reactive ketones (excluding diaryl/α,β-unsaturated/α-hetero) is 1. The maximum atomic E-state index is 12.2. The number of carbonyl (C=O) groups excluding carboxylic acids is 1. The monoisotopic (exact) mass is 244 g/mol. The standard InChI is InChI=1S/C13H28O2Si/c1-8-10(3)12(14)13(11(4)9-2)15-16(5,6)7/h10-11,13H,8-9H2,1-7H3. The molecule has 0 aliphatic rings. The Morgan fingerprint density at radius 1 is 1.12 bits per heavy atom. The summed E-state index contributed by atoms with van der Waals surface area (Å²) < 4.78 is 6.06. The van der Waals surface area contributed by atoms with Gasteiger partial charge in [0.15, 0.2) is 14.1 Å². The van der Waals surface area contributed by atoms with E-state index in [1.54, 1.807) is 0 Å². The first-order chi connectivity index (χ1) is 7.22. The molecular weight excluding hydrogens is 216 g/mol. The van der Waals surface area contributed by atoms with Crippen LogP contribution in [0, 0.1) is 11.8 Å². The van der Waals surface area contributed by atoms with Gasteiger partial charge in [-0.3, -0.25) is 4.79 Å². The van der Waals surface area contributed by atoms with Gasteiger partial charge in [-0.25, -0.2) is 0 Å². The summed E-state index contributed by atoms with van der Waals surface area (Å²) in [6.07, 6.45) is 1.71. The Labute approximate surface area is 102 Å². The molecule has 96 valence electrons. The van der Waals surface area contributed by atoms with Crippen LogP contribution in [-0.2, 0) is 9.22 Å². The second-order valence-corrected chi connectivity index (χ2v) is 10.2. The molecule has 0 aliphatic carbocycles. The van der Waals surface area contributed by atoms with Gasteiger partial charge in [-0.15, -0.1) is 0 Å². The summed E-state index contributed by atoms with van der Waals surface area (Å²) >= 11 is 0. The molecule has 0 aromatic heterocycles. The number of rotatable bonds is 7. The zero-order valence-corrected chi connectivity index (χ0v) is 13.0. The average Bonchev–Trinajstić information content (AvgIpc) is 2.21. The molecule has 3 heteroatoms. The molecule has 0 aromatic carbocycles. The Hall–Kier alpha value is -0.153. The van der Waals surface area contributed by atoms with E-state index >= 15 is 0 Å². The SMILES string of the molecule is CCC(C)C(=O)C(O[Si](C)(C)C)C(C)CC. The van der Waals surface area contributed by atoms with Crippen molar-refractivity contribution in [3.05, 3.63) is 0 Å². The van der Waals surface area contributed by atoms with E-state index in [1.165, 1.54) is 0 Å². The summed E-state index contributed by atoms with van der Waals surface area (Å²) in [6, 6.07) is 0. The second-order valence-electron chi connectivity index (χ2n) is 5.75. The van der Waals surface area contributed by atoms with Crippen LogP contribution in [0.4, 0.5) is 0 Å². The van der Waals surface area contributed by atoms with Gasteiger partial charge >= 0.3 is 0 Å². The molecule has 0 spiro atoms. The van der Waals surface area contributed by atoms with Gasteiger partial charge < -0.3 is 4.43 Å². The summed E-state index contributed by atoms with van der Waals surface area (Å²) in [4.78, 5) is 12.2. The van der Waals surface area contributed by atoms with Crippen LogP contribution >= 0.6 is 0 Å². The molecule has 0 N–H and O–H groups in total. The molecule has 0 aromatic rings. The van der Waals surface area contributed by atoms with Crippen molar-refractivity contribution in [2.24, 2.45) is 11.8 Å². The van der Waals surface area contributed by atoms with Gasteiger partial charge in [0.2, 0.25) is 0 Å². The third kappa shape index (κ3) is 5.26. The van der Waals surface area contributed by atoms with Gasteiger partial charge in [0.25, 0.3) is 0 Å². The van der Waals surface area contributed by atoms with Gasteiger partial charge in [0.1, 0.15) is 6.10 Å². The summed E-state index contributed by atoms with van der Waals surface area (Å²) in [7, 11) is -1.64. The Balaban J connectivity index is 4.74. The molecule has 0 heterocycles. The lowest BCUT2D eigenvalue weighted by atomic mass is 9.91. The lowest BCUT2D eigenvalue weighted by Gasteiger charge is -2.31. The molecule has 0 radical (unpaired) electrons. The maximum Gasteiger partial charge on any atom is 0.184 e. The highest BCUT2D eigenvalue weighted by Gasteiger charge is 2.32. The molecule has 0 saturated carbocycles. The fourth-order valence-corrected chi connectivity index (χ4v) is 2.64. The van der Waals surface area contributed by atoms with Crippen molar-refractivity contribution in [1.29, 1.82) is 0 Å². The zero-order chi connectivity index (χ0) is 12.9. The van der Waals surface area contributed by atoms with Crippen LogP contribution in [0.15, 0.2) is 0 Å². The van der Waals surface area contributed by atoms with Crippen LogP contribution in [-0.4, -0.2) is 20.2 Å². The van der Waals surface area contributed by atoms with Gasteiger partial charge in [0.05, 0.1) is 0 Å². The van der Waals surface area contributed by atoms with E-state index in [-0.39, 0.29) is 12.0 Å². The molecule has 0 amide bonds. The average molecular weight is 244 g/mol. The van der Waals surface area contributed by atoms with Gasteiger partial charge in [-0.1, -0.05) is 34.1 Å². The van der Waals surface area contributed by atoms with Crippen molar-refractivity contribution in [3.63, 3.8) is 0 Å². The highest BCUT2D eigenvalue weighted by Crippen LogP contribution is 2.21. The van der Waals surface area contributed by atoms with Crippen LogP contribution in [0.3, 0.4) is 0 Å². The number of hydrogen-bond donors (Lipinski definition) is 0. The van der Waals surface area contributed by atoms with Crippen molar-refractivity contribution in [3.8, 4) is 0 Å². The Kier molecular flexibility index (Phi) is 6.49. The zero-order valence-electron chi connectivity index (χ0n) is 12.0. The normalized spacial score (nSPS) is 17.9. The first-order valence-corrected chi connectivity index (χ1v) is 9.85. The van der Waals surface area contributed by atoms with E-state index in [0.29, 0.717) is 11.7 Å². The summed E-state index contributed by atoms with van der Waals surface area (Å²) in [5, 5.41) is 0. The smallest absolute Gasteiger partial charge is 0.184 e. The Morgan fingerprint density at radius 3 is 1.94 bits per heavy atom. The maximum absolute atomic E-state index is 12.2. The first kappa shape index (κ1) is 15.8. The second kappa shape index (κ2) is 6.55. The highest BCUT2D eigenvalue weighted by molar-refractivity contribution is 6.69. The third-order valence-corrected chi connectivity index (χ3v) is 3.98. The third-order valence-electron chi connectivity index (χ3n) is 3.02. The van der Waals surface area contributed by atoms with Crippen molar-refractivity contribution in [2.75, 3.05) is 0 Å². The Bertz CT molecular complexity index is 220. The predicted molar refractivity (Wildman–Crippen MR) is 72.1 cm³/mol. The lowest BCUT2D eigenvalue weighted by molar-refractivity contribution is -0.132. The molecule has 2 nitrogen and oxygen atoms in total. The van der Waals surface area contributed by atoms with Gasteiger partial charge in [-0.05, 0) is 32.0 Å². The van der Waals surface area contributed by atoms with E-state index in [9.17, 15) is 4.79 Å². The molecule has 3 unspecified atom stereocenters. The molecule has 0 aliphatic heterocycles. The molecule has 0 fully saturated rings. The Morgan fingerprint density at radius 2 is 1.62 bits per heavy atom. The minimum Gasteiger partial charge on any atom is -0.407 e. The molecular formula is C13H28O2Si. The highest BCUT2D eigenvalue weighted by atomic mass is 28.4. The van der Waals surface area contributed by atoms with Crippen LogP contribution in [0.25, 0.3) is 0 Å². The van der Waals surface area contributed by atoms with Crippen LogP contribution in [0.2, 0.25) is 19.6 Å². The van der Waals surface area contributed by atoms with E-state index in [0.717, 1.165) is 12.8 Å². The van der Waals surface area contributed by atoms with Gasteiger partial charge in [0, 0.05) is 5.92 Å². The lowest BCUT2D eigenvalue weighted by Crippen LogP contribution is -2.42. The molecule has 0 saturated heterocycles. The summed E-state index contributed by atoms with van der Waals surface area (Å²) in [5.41, 5.74) is 0. The van der Waals surface area contributed by atoms with E-state index < -0.39 is 8.32 Å².